The van der Waals surface area contributed by atoms with Gasteiger partial charge in [-0.1, -0.05) is 19.9 Å². The summed E-state index contributed by atoms with van der Waals surface area (Å²) in [5, 5.41) is 5.12. The Morgan fingerprint density at radius 3 is 2.29 bits per heavy atom. The van der Waals surface area contributed by atoms with Crippen molar-refractivity contribution in [3.63, 3.8) is 0 Å². The number of nitrogens with one attached hydrogen (secondary N) is 2. The Labute approximate surface area is 196 Å². The molecule has 0 fully saturated rings. The minimum Gasteiger partial charge on any atom is -0.486 e. The lowest BCUT2D eigenvalue weighted by atomic mass is 10.0. The van der Waals surface area contributed by atoms with Crippen LogP contribution < -0.4 is 20.1 Å². The summed E-state index contributed by atoms with van der Waals surface area (Å²) >= 11 is 0. The van der Waals surface area contributed by atoms with E-state index in [1.165, 1.54) is 4.90 Å². The number of anilines is 1. The van der Waals surface area contributed by atoms with Gasteiger partial charge in [0.05, 0.1) is 6.54 Å². The average Bonchev–Trinajstić information content (AvgIpc) is 2.80. The van der Waals surface area contributed by atoms with Gasteiger partial charge < -0.3 is 25.0 Å². The molecule has 1 heterocycles. The topological polar surface area (TPSA) is 97.0 Å². The summed E-state index contributed by atoms with van der Waals surface area (Å²) in [7, 11) is 0. The third-order valence-corrected chi connectivity index (χ3v) is 5.26. The Bertz CT molecular complexity index is 1060. The molecule has 0 unspecified atom stereocenters. The maximum Gasteiger partial charge on any atom is 0.257 e. The van der Waals surface area contributed by atoms with Gasteiger partial charge in [0.2, 0.25) is 11.8 Å². The van der Waals surface area contributed by atoms with Gasteiger partial charge >= 0.3 is 0 Å². The van der Waals surface area contributed by atoms with E-state index in [0.29, 0.717) is 30.4 Å². The summed E-state index contributed by atoms with van der Waals surface area (Å²) < 4.78 is 38.9. The van der Waals surface area contributed by atoms with Gasteiger partial charge in [0.1, 0.15) is 36.5 Å². The van der Waals surface area contributed by atoms with Crippen LogP contribution in [0.1, 0.15) is 31.1 Å². The Hall–Kier alpha value is -3.69. The Morgan fingerprint density at radius 2 is 1.68 bits per heavy atom. The first-order chi connectivity index (χ1) is 16.2. The number of hydrogen-bond donors (Lipinski definition) is 2. The monoisotopic (exact) mass is 475 g/mol. The highest BCUT2D eigenvalue weighted by molar-refractivity contribution is 5.99. The van der Waals surface area contributed by atoms with Gasteiger partial charge in [-0.15, -0.1) is 0 Å². The Morgan fingerprint density at radius 1 is 1.03 bits per heavy atom. The number of rotatable bonds is 8. The van der Waals surface area contributed by atoms with Crippen LogP contribution in [0.5, 0.6) is 11.5 Å². The summed E-state index contributed by atoms with van der Waals surface area (Å²) in [5.74, 6) is -3.41. The lowest BCUT2D eigenvalue weighted by Gasteiger charge is -2.29. The van der Waals surface area contributed by atoms with Gasteiger partial charge in [-0.25, -0.2) is 8.78 Å². The number of carbonyl (C=O) groups is 3. The number of benzene rings is 2. The van der Waals surface area contributed by atoms with Crippen LogP contribution in [-0.2, 0) is 9.59 Å². The first-order valence-electron chi connectivity index (χ1n) is 10.9. The van der Waals surface area contributed by atoms with E-state index in [2.05, 4.69) is 10.6 Å². The molecule has 0 bridgehead atoms. The number of carbonyl (C=O) groups excluding carboxylic acids is 3. The van der Waals surface area contributed by atoms with Crippen LogP contribution in [0.2, 0.25) is 0 Å². The number of ether oxygens (including phenoxy) is 2. The van der Waals surface area contributed by atoms with Crippen LogP contribution in [0.4, 0.5) is 14.5 Å². The van der Waals surface area contributed by atoms with Crippen molar-refractivity contribution >= 4 is 23.4 Å². The molecule has 0 saturated carbocycles. The molecule has 3 rings (SSSR count). The fourth-order valence-electron chi connectivity index (χ4n) is 3.48. The van der Waals surface area contributed by atoms with Crippen molar-refractivity contribution in [2.24, 2.45) is 5.92 Å². The maximum atomic E-state index is 14.0. The number of nitrogens with zero attached hydrogens (tertiary/aromatic N) is 1. The fourth-order valence-corrected chi connectivity index (χ4v) is 3.48. The molecule has 10 heteroatoms. The largest absolute Gasteiger partial charge is 0.486 e. The van der Waals surface area contributed by atoms with Crippen LogP contribution in [0.15, 0.2) is 36.4 Å². The van der Waals surface area contributed by atoms with Crippen molar-refractivity contribution in [2.75, 3.05) is 31.6 Å². The highest BCUT2D eigenvalue weighted by Gasteiger charge is 2.31. The first-order valence-corrected chi connectivity index (χ1v) is 10.9. The third-order valence-electron chi connectivity index (χ3n) is 5.26. The first kappa shape index (κ1) is 24.9. The number of amides is 3. The van der Waals surface area contributed by atoms with Crippen molar-refractivity contribution in [1.29, 1.82) is 0 Å². The predicted octanol–water partition coefficient (Wildman–Crippen LogP) is 2.98. The van der Waals surface area contributed by atoms with Crippen LogP contribution >= 0.6 is 0 Å². The number of halogens is 2. The van der Waals surface area contributed by atoms with Gasteiger partial charge in [0, 0.05) is 18.3 Å². The summed E-state index contributed by atoms with van der Waals surface area (Å²) in [4.78, 5) is 39.5. The molecule has 34 heavy (non-hydrogen) atoms. The van der Waals surface area contributed by atoms with E-state index >= 15 is 0 Å². The predicted molar refractivity (Wildman–Crippen MR) is 121 cm³/mol. The molecule has 2 N–H and O–H groups in total. The molecular formula is C24H27F2N3O5. The number of likely N-dealkylation sites (N-methyl/N-ethyl adjacent to an activating group) is 1. The molecular weight excluding hydrogens is 448 g/mol. The van der Waals surface area contributed by atoms with E-state index in [0.717, 1.165) is 18.2 Å². The van der Waals surface area contributed by atoms with E-state index in [-0.39, 0.29) is 13.1 Å². The van der Waals surface area contributed by atoms with Gasteiger partial charge in [-0.2, -0.15) is 0 Å². The summed E-state index contributed by atoms with van der Waals surface area (Å²) in [6.07, 6.45) is 0. The van der Waals surface area contributed by atoms with Crippen molar-refractivity contribution in [1.82, 2.24) is 10.2 Å². The van der Waals surface area contributed by atoms with E-state index < -0.39 is 46.9 Å². The molecule has 2 aromatic carbocycles. The quantitative estimate of drug-likeness (QED) is 0.612. The zero-order valence-corrected chi connectivity index (χ0v) is 19.2. The molecule has 8 nitrogen and oxygen atoms in total. The smallest absolute Gasteiger partial charge is 0.257 e. The summed E-state index contributed by atoms with van der Waals surface area (Å²) in [5.41, 5.74) is -0.290. The lowest BCUT2D eigenvalue weighted by molar-refractivity contribution is -0.137. The summed E-state index contributed by atoms with van der Waals surface area (Å²) in [6, 6.07) is 6.95. The Kier molecular flexibility index (Phi) is 8.04. The maximum absolute atomic E-state index is 14.0. The van der Waals surface area contributed by atoms with E-state index in [1.807, 2.05) is 0 Å². The number of fused-ring (bicyclic) bond motifs is 1. The molecule has 3 amide bonds. The highest BCUT2D eigenvalue weighted by atomic mass is 19.1. The van der Waals surface area contributed by atoms with Gasteiger partial charge in [-0.05, 0) is 37.1 Å². The van der Waals surface area contributed by atoms with Crippen LogP contribution in [0.25, 0.3) is 0 Å². The number of hydrogen-bond acceptors (Lipinski definition) is 5. The molecule has 1 aliphatic heterocycles. The molecule has 0 saturated heterocycles. The zero-order valence-electron chi connectivity index (χ0n) is 19.2. The SMILES string of the molecule is CCN(CC(=O)Nc1ccc2c(c1)OCCO2)C(=O)[C@@H](NC(=O)c1c(F)cccc1F)C(C)C. The minimum absolute atomic E-state index is 0.181. The molecule has 0 spiro atoms. The molecule has 1 aliphatic rings. The third kappa shape index (κ3) is 5.81. The fraction of sp³-hybridized carbons (Fsp3) is 0.375. The van der Waals surface area contributed by atoms with E-state index in [9.17, 15) is 23.2 Å². The van der Waals surface area contributed by atoms with Crippen LogP contribution in [-0.4, -0.2) is 55.0 Å². The van der Waals surface area contributed by atoms with Crippen molar-refractivity contribution in [3.8, 4) is 11.5 Å². The van der Waals surface area contributed by atoms with Crippen molar-refractivity contribution < 1.29 is 32.6 Å². The molecule has 182 valence electrons. The second kappa shape index (κ2) is 11.0. The highest BCUT2D eigenvalue weighted by Crippen LogP contribution is 2.32. The standard InChI is InChI=1S/C24H27F2N3O5/c1-4-29(13-20(30)27-15-8-9-18-19(12-15)34-11-10-33-18)24(32)22(14(2)3)28-23(31)21-16(25)6-5-7-17(21)26/h5-9,12,14,22H,4,10-11,13H2,1-3H3,(H,27,30)(H,28,31)/t22-/m0/s1. The molecule has 2 aromatic rings. The van der Waals surface area contributed by atoms with E-state index in [1.54, 1.807) is 39.0 Å². The van der Waals surface area contributed by atoms with Gasteiger partial charge in [0.15, 0.2) is 11.5 Å². The second-order valence-corrected chi connectivity index (χ2v) is 8.05. The Balaban J connectivity index is 1.68. The van der Waals surface area contributed by atoms with E-state index in [4.69, 9.17) is 9.47 Å². The lowest BCUT2D eigenvalue weighted by Crippen LogP contribution is -2.52. The van der Waals surface area contributed by atoms with Crippen molar-refractivity contribution in [3.05, 3.63) is 53.6 Å². The zero-order chi connectivity index (χ0) is 24.8. The normalized spacial score (nSPS) is 13.2. The molecule has 0 aliphatic carbocycles. The van der Waals surface area contributed by atoms with Crippen molar-refractivity contribution in [2.45, 2.75) is 26.8 Å². The van der Waals surface area contributed by atoms with Gasteiger partial charge in [-0.3, -0.25) is 14.4 Å². The molecule has 0 aromatic heterocycles. The molecule has 1 atom stereocenters. The second-order valence-electron chi connectivity index (χ2n) is 8.05. The molecule has 0 radical (unpaired) electrons. The minimum atomic E-state index is -1.09. The van der Waals surface area contributed by atoms with Crippen LogP contribution in [0, 0.1) is 17.6 Å². The van der Waals surface area contributed by atoms with Gasteiger partial charge in [0.25, 0.3) is 5.91 Å². The summed E-state index contributed by atoms with van der Waals surface area (Å²) in [6.45, 7) is 5.81. The van der Waals surface area contributed by atoms with Crippen LogP contribution in [0.3, 0.4) is 0 Å². The average molecular weight is 475 g/mol.